The van der Waals surface area contributed by atoms with Crippen molar-refractivity contribution in [1.29, 1.82) is 0 Å². The SMILES string of the molecule is CC(C)(N)CC(=O)NCc1ccc(S(N)(=O)=O)cc1. The Bertz CT molecular complexity index is 545. The van der Waals surface area contributed by atoms with Gasteiger partial charge >= 0.3 is 0 Å². The molecule has 0 bridgehead atoms. The van der Waals surface area contributed by atoms with Crippen molar-refractivity contribution >= 4 is 15.9 Å². The van der Waals surface area contributed by atoms with E-state index in [1.165, 1.54) is 12.1 Å². The first-order chi connectivity index (χ1) is 8.58. The van der Waals surface area contributed by atoms with Crippen LogP contribution in [-0.2, 0) is 21.4 Å². The van der Waals surface area contributed by atoms with Gasteiger partial charge in [0.1, 0.15) is 0 Å². The fraction of sp³-hybridized carbons (Fsp3) is 0.417. The molecule has 1 aromatic carbocycles. The van der Waals surface area contributed by atoms with Gasteiger partial charge in [0.15, 0.2) is 0 Å². The molecule has 1 aromatic rings. The molecule has 0 aliphatic heterocycles. The molecule has 0 aliphatic carbocycles. The van der Waals surface area contributed by atoms with E-state index in [0.717, 1.165) is 5.56 Å². The lowest BCUT2D eigenvalue weighted by Gasteiger charge is -2.17. The summed E-state index contributed by atoms with van der Waals surface area (Å²) in [7, 11) is -3.68. The van der Waals surface area contributed by atoms with E-state index in [9.17, 15) is 13.2 Å². The van der Waals surface area contributed by atoms with E-state index < -0.39 is 15.6 Å². The standard InChI is InChI=1S/C12H19N3O3S/c1-12(2,13)7-11(16)15-8-9-3-5-10(6-4-9)19(14,17)18/h3-6H,7-8,13H2,1-2H3,(H,15,16)(H2,14,17,18). The second kappa shape index (κ2) is 5.68. The Labute approximate surface area is 113 Å². The van der Waals surface area contributed by atoms with Crippen molar-refractivity contribution < 1.29 is 13.2 Å². The van der Waals surface area contributed by atoms with Crippen molar-refractivity contribution in [3.63, 3.8) is 0 Å². The zero-order valence-corrected chi connectivity index (χ0v) is 11.8. The number of rotatable bonds is 5. The van der Waals surface area contributed by atoms with Gasteiger partial charge in [0.05, 0.1) is 4.90 Å². The van der Waals surface area contributed by atoms with Gasteiger partial charge in [-0.3, -0.25) is 4.79 Å². The lowest BCUT2D eigenvalue weighted by Crippen LogP contribution is -2.38. The van der Waals surface area contributed by atoms with Crippen LogP contribution in [0.4, 0.5) is 0 Å². The van der Waals surface area contributed by atoms with Gasteiger partial charge in [0, 0.05) is 18.5 Å². The maximum absolute atomic E-state index is 11.6. The third kappa shape index (κ3) is 5.82. The number of hydrogen-bond donors (Lipinski definition) is 3. The van der Waals surface area contributed by atoms with E-state index in [1.54, 1.807) is 26.0 Å². The van der Waals surface area contributed by atoms with Crippen LogP contribution in [0.3, 0.4) is 0 Å². The molecule has 0 fully saturated rings. The summed E-state index contributed by atoms with van der Waals surface area (Å²) < 4.78 is 22.1. The molecule has 106 valence electrons. The first-order valence-corrected chi connectivity index (χ1v) is 7.30. The highest BCUT2D eigenvalue weighted by molar-refractivity contribution is 7.89. The van der Waals surface area contributed by atoms with Crippen molar-refractivity contribution in [1.82, 2.24) is 5.32 Å². The van der Waals surface area contributed by atoms with Gasteiger partial charge in [0.2, 0.25) is 15.9 Å². The maximum Gasteiger partial charge on any atom is 0.238 e. The number of nitrogens with one attached hydrogen (secondary N) is 1. The number of carbonyl (C=O) groups excluding carboxylic acids is 1. The van der Waals surface area contributed by atoms with E-state index >= 15 is 0 Å². The molecular weight excluding hydrogens is 266 g/mol. The van der Waals surface area contributed by atoms with Crippen LogP contribution in [0.5, 0.6) is 0 Å². The average molecular weight is 285 g/mol. The second-order valence-electron chi connectivity index (χ2n) is 5.13. The molecule has 5 N–H and O–H groups in total. The molecular formula is C12H19N3O3S. The van der Waals surface area contributed by atoms with Crippen LogP contribution in [0.25, 0.3) is 0 Å². The van der Waals surface area contributed by atoms with Crippen LogP contribution in [0.1, 0.15) is 25.8 Å². The summed E-state index contributed by atoms with van der Waals surface area (Å²) in [5, 5.41) is 7.70. The fourth-order valence-electron chi connectivity index (χ4n) is 1.47. The largest absolute Gasteiger partial charge is 0.352 e. The molecule has 6 nitrogen and oxygen atoms in total. The van der Waals surface area contributed by atoms with E-state index in [2.05, 4.69) is 5.32 Å². The molecule has 1 amide bonds. The molecule has 0 aliphatic rings. The normalized spacial score (nSPS) is 12.2. The molecule has 1 rings (SSSR count). The third-order valence-corrected chi connectivity index (χ3v) is 3.29. The summed E-state index contributed by atoms with van der Waals surface area (Å²) in [4.78, 5) is 11.6. The minimum absolute atomic E-state index is 0.0469. The Morgan fingerprint density at radius 1 is 1.26 bits per heavy atom. The van der Waals surface area contributed by atoms with E-state index in [1.807, 2.05) is 0 Å². The van der Waals surface area contributed by atoms with Crippen LogP contribution in [0.15, 0.2) is 29.2 Å². The first-order valence-electron chi connectivity index (χ1n) is 5.75. The second-order valence-corrected chi connectivity index (χ2v) is 6.69. The van der Waals surface area contributed by atoms with Gasteiger partial charge in [-0.25, -0.2) is 13.6 Å². The molecule has 0 spiro atoms. The summed E-state index contributed by atoms with van der Waals surface area (Å²) in [5.41, 5.74) is 5.97. The van der Waals surface area contributed by atoms with Crippen LogP contribution in [-0.4, -0.2) is 19.9 Å². The fourth-order valence-corrected chi connectivity index (χ4v) is 1.99. The summed E-state index contributed by atoms with van der Waals surface area (Å²) >= 11 is 0. The Morgan fingerprint density at radius 2 is 1.79 bits per heavy atom. The van der Waals surface area contributed by atoms with Gasteiger partial charge in [-0.1, -0.05) is 12.1 Å². The highest BCUT2D eigenvalue weighted by Gasteiger charge is 2.15. The molecule has 19 heavy (non-hydrogen) atoms. The van der Waals surface area contributed by atoms with Gasteiger partial charge in [-0.15, -0.1) is 0 Å². The summed E-state index contributed by atoms with van der Waals surface area (Å²) in [6.07, 6.45) is 0.224. The minimum Gasteiger partial charge on any atom is -0.352 e. The number of nitrogens with two attached hydrogens (primary N) is 2. The number of sulfonamides is 1. The predicted octanol–water partition coefficient (Wildman–Crippen LogP) is 0.0776. The smallest absolute Gasteiger partial charge is 0.238 e. The van der Waals surface area contributed by atoms with Gasteiger partial charge in [-0.2, -0.15) is 0 Å². The Hall–Kier alpha value is -1.44. The van der Waals surface area contributed by atoms with E-state index in [4.69, 9.17) is 10.9 Å². The molecule has 7 heteroatoms. The van der Waals surface area contributed by atoms with Crippen molar-refractivity contribution in [3.8, 4) is 0 Å². The number of hydrogen-bond acceptors (Lipinski definition) is 4. The Balaban J connectivity index is 2.58. The lowest BCUT2D eigenvalue weighted by molar-refractivity contribution is -0.122. The number of benzene rings is 1. The highest BCUT2D eigenvalue weighted by atomic mass is 32.2. The predicted molar refractivity (Wildman–Crippen MR) is 72.5 cm³/mol. The summed E-state index contributed by atoms with van der Waals surface area (Å²) in [5.74, 6) is -0.150. The highest BCUT2D eigenvalue weighted by Crippen LogP contribution is 2.09. The van der Waals surface area contributed by atoms with Crippen LogP contribution in [0, 0.1) is 0 Å². The molecule has 0 heterocycles. The zero-order valence-electron chi connectivity index (χ0n) is 11.0. The Morgan fingerprint density at radius 3 is 2.21 bits per heavy atom. The monoisotopic (exact) mass is 285 g/mol. The van der Waals surface area contributed by atoms with Crippen molar-refractivity contribution in [2.45, 2.75) is 37.2 Å². The molecule has 0 radical (unpaired) electrons. The van der Waals surface area contributed by atoms with Gasteiger partial charge in [0.25, 0.3) is 0 Å². The quantitative estimate of drug-likeness (QED) is 0.710. The van der Waals surface area contributed by atoms with Crippen LogP contribution < -0.4 is 16.2 Å². The number of carbonyl (C=O) groups is 1. The number of primary sulfonamides is 1. The average Bonchev–Trinajstić information content (AvgIpc) is 2.23. The van der Waals surface area contributed by atoms with Crippen LogP contribution >= 0.6 is 0 Å². The van der Waals surface area contributed by atoms with E-state index in [-0.39, 0.29) is 17.2 Å². The van der Waals surface area contributed by atoms with Gasteiger partial charge < -0.3 is 11.1 Å². The molecule has 0 atom stereocenters. The molecule has 0 unspecified atom stereocenters. The Kier molecular flexibility index (Phi) is 4.67. The molecule has 0 saturated carbocycles. The lowest BCUT2D eigenvalue weighted by atomic mass is 10.0. The van der Waals surface area contributed by atoms with Crippen molar-refractivity contribution in [2.75, 3.05) is 0 Å². The first kappa shape index (κ1) is 15.6. The zero-order chi connectivity index (χ0) is 14.7. The van der Waals surface area contributed by atoms with E-state index in [0.29, 0.717) is 6.54 Å². The third-order valence-electron chi connectivity index (χ3n) is 2.36. The molecule has 0 saturated heterocycles. The van der Waals surface area contributed by atoms with Crippen molar-refractivity contribution in [3.05, 3.63) is 29.8 Å². The topological polar surface area (TPSA) is 115 Å². The molecule has 0 aromatic heterocycles. The van der Waals surface area contributed by atoms with Gasteiger partial charge in [-0.05, 0) is 31.5 Å². The van der Waals surface area contributed by atoms with Crippen LogP contribution in [0.2, 0.25) is 0 Å². The summed E-state index contributed by atoms with van der Waals surface area (Å²) in [6.45, 7) is 3.86. The minimum atomic E-state index is -3.68. The number of amides is 1. The van der Waals surface area contributed by atoms with Crippen molar-refractivity contribution in [2.24, 2.45) is 10.9 Å². The summed E-state index contributed by atoms with van der Waals surface area (Å²) in [6, 6.07) is 6.02. The maximum atomic E-state index is 11.6.